The lowest BCUT2D eigenvalue weighted by atomic mass is 9.91. The van der Waals surface area contributed by atoms with E-state index in [2.05, 4.69) is 4.98 Å². The lowest BCUT2D eigenvalue weighted by molar-refractivity contribution is 0.0268. The van der Waals surface area contributed by atoms with E-state index >= 15 is 0 Å². The maximum Gasteiger partial charge on any atom is 0.253 e. The average molecular weight is 290 g/mol. The molecule has 1 aromatic carbocycles. The highest BCUT2D eigenvalue weighted by Crippen LogP contribution is 2.25. The molecule has 20 heavy (non-hydrogen) atoms. The predicted octanol–water partition coefficient (Wildman–Crippen LogP) is 2.67. The number of aliphatic hydroxyl groups is 1. The molecule has 4 nitrogen and oxygen atoms in total. The SMILES string of the molecule is CN(C(=O)c1ccc2ncsc2c1)C1CCCCC1O. The first-order valence-electron chi connectivity index (χ1n) is 6.95. The van der Waals surface area contributed by atoms with Crippen molar-refractivity contribution in [2.24, 2.45) is 0 Å². The van der Waals surface area contributed by atoms with Gasteiger partial charge in [-0.2, -0.15) is 0 Å². The minimum atomic E-state index is -0.398. The number of hydrogen-bond donors (Lipinski definition) is 1. The van der Waals surface area contributed by atoms with Crippen LogP contribution in [-0.4, -0.2) is 40.1 Å². The number of nitrogens with zero attached hydrogens (tertiary/aromatic N) is 2. The Kier molecular flexibility index (Phi) is 3.72. The molecule has 0 radical (unpaired) electrons. The van der Waals surface area contributed by atoms with Crippen molar-refractivity contribution >= 4 is 27.5 Å². The van der Waals surface area contributed by atoms with Gasteiger partial charge in [-0.1, -0.05) is 12.8 Å². The molecular formula is C15H18N2O2S. The predicted molar refractivity (Wildman–Crippen MR) is 80.0 cm³/mol. The fourth-order valence-corrected chi connectivity index (χ4v) is 3.60. The summed E-state index contributed by atoms with van der Waals surface area (Å²) in [6.07, 6.45) is 3.40. The molecule has 0 saturated heterocycles. The molecule has 2 aromatic rings. The van der Waals surface area contributed by atoms with Crippen LogP contribution in [0.25, 0.3) is 10.2 Å². The van der Waals surface area contributed by atoms with Gasteiger partial charge < -0.3 is 10.0 Å². The smallest absolute Gasteiger partial charge is 0.253 e. The second-order valence-corrected chi connectivity index (χ2v) is 6.26. The third kappa shape index (κ3) is 2.43. The highest BCUT2D eigenvalue weighted by atomic mass is 32.1. The van der Waals surface area contributed by atoms with E-state index in [9.17, 15) is 9.90 Å². The Hall–Kier alpha value is -1.46. The maximum atomic E-state index is 12.6. The van der Waals surface area contributed by atoms with Gasteiger partial charge in [0.15, 0.2) is 0 Å². The summed E-state index contributed by atoms with van der Waals surface area (Å²) < 4.78 is 1.02. The van der Waals surface area contributed by atoms with Crippen molar-refractivity contribution in [2.75, 3.05) is 7.05 Å². The van der Waals surface area contributed by atoms with Crippen LogP contribution >= 0.6 is 11.3 Å². The quantitative estimate of drug-likeness (QED) is 0.925. The van der Waals surface area contributed by atoms with Crippen molar-refractivity contribution < 1.29 is 9.90 Å². The van der Waals surface area contributed by atoms with Crippen LogP contribution in [0.5, 0.6) is 0 Å². The summed E-state index contributed by atoms with van der Waals surface area (Å²) in [7, 11) is 1.79. The van der Waals surface area contributed by atoms with Crippen LogP contribution in [0.1, 0.15) is 36.0 Å². The van der Waals surface area contributed by atoms with Crippen LogP contribution in [0.4, 0.5) is 0 Å². The first-order chi connectivity index (χ1) is 9.66. The molecule has 2 atom stereocenters. The molecule has 0 spiro atoms. The van der Waals surface area contributed by atoms with Gasteiger partial charge in [-0.3, -0.25) is 4.79 Å². The Bertz CT molecular complexity index is 625. The number of benzene rings is 1. The topological polar surface area (TPSA) is 53.4 Å². The van der Waals surface area contributed by atoms with Gasteiger partial charge in [-0.25, -0.2) is 4.98 Å². The zero-order chi connectivity index (χ0) is 14.1. The van der Waals surface area contributed by atoms with Gasteiger partial charge in [0.2, 0.25) is 0 Å². The third-order valence-corrected chi connectivity index (χ3v) is 4.88. The van der Waals surface area contributed by atoms with Crippen LogP contribution < -0.4 is 0 Å². The lowest BCUT2D eigenvalue weighted by Gasteiger charge is -2.35. The molecule has 5 heteroatoms. The van der Waals surface area contributed by atoms with E-state index in [1.54, 1.807) is 17.5 Å². The fraction of sp³-hybridized carbons (Fsp3) is 0.467. The average Bonchev–Trinajstić information content (AvgIpc) is 2.93. The summed E-state index contributed by atoms with van der Waals surface area (Å²) in [5.41, 5.74) is 3.38. The molecule has 2 unspecified atom stereocenters. The van der Waals surface area contributed by atoms with E-state index in [1.807, 2.05) is 18.2 Å². The monoisotopic (exact) mass is 290 g/mol. The van der Waals surface area contributed by atoms with E-state index < -0.39 is 6.10 Å². The van der Waals surface area contributed by atoms with Crippen molar-refractivity contribution in [3.8, 4) is 0 Å². The first kappa shape index (κ1) is 13.5. The molecule has 1 fully saturated rings. The first-order valence-corrected chi connectivity index (χ1v) is 7.83. The number of aromatic nitrogens is 1. The standard InChI is InChI=1S/C15H18N2O2S/c1-17(12-4-2-3-5-13(12)18)15(19)10-6-7-11-14(8-10)20-9-16-11/h6-9,12-13,18H,2-5H2,1H3. The summed E-state index contributed by atoms with van der Waals surface area (Å²) in [5.74, 6) is -0.0220. The number of likely N-dealkylation sites (N-methyl/N-ethyl adjacent to an activating group) is 1. The number of carbonyl (C=O) groups excluding carboxylic acids is 1. The zero-order valence-electron chi connectivity index (χ0n) is 11.5. The molecule has 0 bridgehead atoms. The molecule has 1 aromatic heterocycles. The molecule has 3 rings (SSSR count). The highest BCUT2D eigenvalue weighted by Gasteiger charge is 2.29. The summed E-state index contributed by atoms with van der Waals surface area (Å²) in [4.78, 5) is 18.5. The van der Waals surface area contributed by atoms with E-state index in [-0.39, 0.29) is 11.9 Å². The number of rotatable bonds is 2. The van der Waals surface area contributed by atoms with Gasteiger partial charge in [-0.15, -0.1) is 11.3 Å². The Balaban J connectivity index is 1.83. The molecule has 1 aliphatic carbocycles. The van der Waals surface area contributed by atoms with Crippen LogP contribution in [0.2, 0.25) is 0 Å². The Labute approximate surface area is 122 Å². The summed E-state index contributed by atoms with van der Waals surface area (Å²) in [6, 6.07) is 5.52. The van der Waals surface area contributed by atoms with E-state index in [0.717, 1.165) is 35.9 Å². The van der Waals surface area contributed by atoms with E-state index in [1.165, 1.54) is 11.3 Å². The van der Waals surface area contributed by atoms with E-state index in [0.29, 0.717) is 5.56 Å². The minimum absolute atomic E-state index is 0.0220. The number of aliphatic hydroxyl groups excluding tert-OH is 1. The zero-order valence-corrected chi connectivity index (χ0v) is 12.3. The van der Waals surface area contributed by atoms with Crippen molar-refractivity contribution in [1.29, 1.82) is 0 Å². The second-order valence-electron chi connectivity index (χ2n) is 5.37. The largest absolute Gasteiger partial charge is 0.391 e. The Morgan fingerprint density at radius 3 is 3.00 bits per heavy atom. The molecule has 1 aliphatic rings. The number of thiazole rings is 1. The molecule has 0 aliphatic heterocycles. The van der Waals surface area contributed by atoms with Gasteiger partial charge >= 0.3 is 0 Å². The number of carbonyl (C=O) groups is 1. The van der Waals surface area contributed by atoms with E-state index in [4.69, 9.17) is 0 Å². The van der Waals surface area contributed by atoms with Gasteiger partial charge in [0.1, 0.15) is 0 Å². The van der Waals surface area contributed by atoms with Crippen LogP contribution in [0, 0.1) is 0 Å². The summed E-state index contributed by atoms with van der Waals surface area (Å²) >= 11 is 1.54. The lowest BCUT2D eigenvalue weighted by Crippen LogP contribution is -2.46. The second kappa shape index (κ2) is 5.50. The Morgan fingerprint density at radius 1 is 1.40 bits per heavy atom. The highest BCUT2D eigenvalue weighted by molar-refractivity contribution is 7.16. The number of amides is 1. The molecule has 1 heterocycles. The number of fused-ring (bicyclic) bond motifs is 1. The minimum Gasteiger partial charge on any atom is -0.391 e. The summed E-state index contributed by atoms with van der Waals surface area (Å²) in [6.45, 7) is 0. The maximum absolute atomic E-state index is 12.6. The summed E-state index contributed by atoms with van der Waals surface area (Å²) in [5, 5.41) is 10.1. The van der Waals surface area contributed by atoms with Gasteiger partial charge in [0, 0.05) is 12.6 Å². The normalized spacial score (nSPS) is 22.9. The van der Waals surface area contributed by atoms with Crippen molar-refractivity contribution in [2.45, 2.75) is 37.8 Å². The molecule has 1 saturated carbocycles. The fourth-order valence-electron chi connectivity index (χ4n) is 2.89. The number of hydrogen-bond acceptors (Lipinski definition) is 4. The van der Waals surface area contributed by atoms with Gasteiger partial charge in [0.05, 0.1) is 27.9 Å². The van der Waals surface area contributed by atoms with Crippen LogP contribution in [0.15, 0.2) is 23.7 Å². The van der Waals surface area contributed by atoms with Crippen molar-refractivity contribution in [1.82, 2.24) is 9.88 Å². The Morgan fingerprint density at radius 2 is 2.20 bits per heavy atom. The third-order valence-electron chi connectivity index (χ3n) is 4.09. The van der Waals surface area contributed by atoms with Crippen LogP contribution in [0.3, 0.4) is 0 Å². The van der Waals surface area contributed by atoms with Gasteiger partial charge in [0.25, 0.3) is 5.91 Å². The molecular weight excluding hydrogens is 272 g/mol. The molecule has 1 N–H and O–H groups in total. The van der Waals surface area contributed by atoms with Crippen molar-refractivity contribution in [3.05, 3.63) is 29.3 Å². The molecule has 106 valence electrons. The molecule has 1 amide bonds. The van der Waals surface area contributed by atoms with Gasteiger partial charge in [-0.05, 0) is 31.0 Å². The van der Waals surface area contributed by atoms with Crippen LogP contribution in [-0.2, 0) is 0 Å². The van der Waals surface area contributed by atoms with Crippen molar-refractivity contribution in [3.63, 3.8) is 0 Å².